The highest BCUT2D eigenvalue weighted by atomic mass is 79.9. The Morgan fingerprint density at radius 1 is 1.06 bits per heavy atom. The summed E-state index contributed by atoms with van der Waals surface area (Å²) in [5.41, 5.74) is 4.88. The molecule has 0 spiro atoms. The minimum atomic E-state index is -0.133. The van der Waals surface area contributed by atoms with E-state index in [1.807, 2.05) is 80.6 Å². The topological polar surface area (TPSA) is 29.5 Å². The number of thiocarbonyl (C=S) groups is 1. The monoisotopic (exact) mass is 543 g/mol. The van der Waals surface area contributed by atoms with Crippen LogP contribution in [0.1, 0.15) is 22.3 Å². The van der Waals surface area contributed by atoms with Crippen LogP contribution < -0.4 is 9.64 Å². The predicted octanol–water partition coefficient (Wildman–Crippen LogP) is 7.70. The van der Waals surface area contributed by atoms with Crippen molar-refractivity contribution in [2.24, 2.45) is 0 Å². The number of benzene rings is 3. The lowest BCUT2D eigenvalue weighted by Crippen LogP contribution is -2.27. The Labute approximate surface area is 210 Å². The van der Waals surface area contributed by atoms with Crippen molar-refractivity contribution in [1.29, 1.82) is 0 Å². The second kappa shape index (κ2) is 9.79. The van der Waals surface area contributed by atoms with Crippen LogP contribution in [0.4, 0.5) is 5.69 Å². The van der Waals surface area contributed by atoms with Gasteiger partial charge in [0.15, 0.2) is 4.32 Å². The van der Waals surface area contributed by atoms with Gasteiger partial charge in [0.25, 0.3) is 5.91 Å². The molecule has 0 saturated carbocycles. The van der Waals surface area contributed by atoms with Gasteiger partial charge >= 0.3 is 0 Å². The molecule has 1 fully saturated rings. The molecule has 0 aromatic heterocycles. The van der Waals surface area contributed by atoms with Gasteiger partial charge in [0, 0.05) is 15.1 Å². The second-order valence-corrected chi connectivity index (χ2v) is 10.4. The van der Waals surface area contributed by atoms with Gasteiger partial charge in [-0.05, 0) is 79.1 Å². The zero-order valence-electron chi connectivity index (χ0n) is 17.4. The number of thioether (sulfide) groups is 1. The third-order valence-corrected chi connectivity index (χ3v) is 7.16. The largest absolute Gasteiger partial charge is 0.488 e. The summed E-state index contributed by atoms with van der Waals surface area (Å²) < 4.78 is 7.47. The van der Waals surface area contributed by atoms with E-state index in [0.717, 1.165) is 26.9 Å². The molecule has 32 heavy (non-hydrogen) atoms. The lowest BCUT2D eigenvalue weighted by Gasteiger charge is -2.16. The minimum Gasteiger partial charge on any atom is -0.488 e. The number of rotatable bonds is 5. The van der Waals surface area contributed by atoms with Crippen molar-refractivity contribution in [1.82, 2.24) is 0 Å². The number of amides is 1. The molecule has 3 aromatic rings. The van der Waals surface area contributed by atoms with Crippen molar-refractivity contribution >= 4 is 73.5 Å². The number of ether oxygens (including phenoxy) is 1. The maximum absolute atomic E-state index is 13.2. The molecule has 4 rings (SSSR count). The Bertz CT molecular complexity index is 1240. The SMILES string of the molecule is Cc1ccc(N2C(=O)/C(=C\c3cc(Br)ccc3OCc3ccc(Cl)cc3)SC2=S)cc1C. The Kier molecular flexibility index (Phi) is 7.05. The van der Waals surface area contributed by atoms with Crippen molar-refractivity contribution in [3.05, 3.63) is 97.3 Å². The number of carbonyl (C=O) groups is 1. The van der Waals surface area contributed by atoms with Crippen molar-refractivity contribution in [2.75, 3.05) is 4.90 Å². The van der Waals surface area contributed by atoms with Crippen molar-refractivity contribution in [3.8, 4) is 5.75 Å². The van der Waals surface area contributed by atoms with Gasteiger partial charge in [-0.15, -0.1) is 0 Å². The molecule has 0 bridgehead atoms. The van der Waals surface area contributed by atoms with E-state index in [1.54, 1.807) is 4.90 Å². The van der Waals surface area contributed by atoms with Crippen molar-refractivity contribution in [2.45, 2.75) is 20.5 Å². The fraction of sp³-hybridized carbons (Fsp3) is 0.120. The summed E-state index contributed by atoms with van der Waals surface area (Å²) in [5.74, 6) is 0.548. The highest BCUT2D eigenvalue weighted by molar-refractivity contribution is 9.10. The van der Waals surface area contributed by atoms with Gasteiger partial charge in [0.2, 0.25) is 0 Å². The predicted molar refractivity (Wildman–Crippen MR) is 141 cm³/mol. The van der Waals surface area contributed by atoms with E-state index in [4.69, 9.17) is 28.6 Å². The highest BCUT2D eigenvalue weighted by Crippen LogP contribution is 2.38. The first-order valence-electron chi connectivity index (χ1n) is 9.84. The van der Waals surface area contributed by atoms with Gasteiger partial charge in [-0.25, -0.2) is 0 Å². The maximum Gasteiger partial charge on any atom is 0.270 e. The van der Waals surface area contributed by atoms with E-state index in [0.29, 0.717) is 26.6 Å². The fourth-order valence-corrected chi connectivity index (χ4v) is 5.00. The number of aryl methyl sites for hydroxylation is 2. The van der Waals surface area contributed by atoms with Crippen LogP contribution in [0.5, 0.6) is 5.75 Å². The third kappa shape index (κ3) is 5.09. The van der Waals surface area contributed by atoms with E-state index in [9.17, 15) is 4.79 Å². The molecule has 0 N–H and O–H groups in total. The third-order valence-electron chi connectivity index (χ3n) is 5.11. The van der Waals surface area contributed by atoms with Crippen LogP contribution in [-0.2, 0) is 11.4 Å². The standard InChI is InChI=1S/C25H19BrClNO2S2/c1-15-3-9-21(11-16(15)2)28-24(29)23(32-25(28)31)13-18-12-19(26)6-10-22(18)30-14-17-4-7-20(27)8-5-17/h3-13H,14H2,1-2H3/b23-13+. The van der Waals surface area contributed by atoms with Gasteiger partial charge in [-0.3, -0.25) is 9.69 Å². The van der Waals surface area contributed by atoms with Crippen LogP contribution in [0.2, 0.25) is 5.02 Å². The van der Waals surface area contributed by atoms with Gasteiger partial charge in [0.1, 0.15) is 12.4 Å². The van der Waals surface area contributed by atoms with Crippen LogP contribution >= 0.6 is 51.5 Å². The molecule has 3 nitrogen and oxygen atoms in total. The summed E-state index contributed by atoms with van der Waals surface area (Å²) in [6, 6.07) is 19.2. The number of halogens is 2. The van der Waals surface area contributed by atoms with E-state index in [2.05, 4.69) is 15.9 Å². The smallest absolute Gasteiger partial charge is 0.270 e. The molecule has 1 saturated heterocycles. The molecule has 7 heteroatoms. The molecule has 1 heterocycles. The molecule has 0 unspecified atom stereocenters. The quantitative estimate of drug-likeness (QED) is 0.243. The highest BCUT2D eigenvalue weighted by Gasteiger charge is 2.33. The maximum atomic E-state index is 13.2. The first-order chi connectivity index (χ1) is 15.3. The Morgan fingerprint density at radius 2 is 1.81 bits per heavy atom. The van der Waals surface area contributed by atoms with Crippen LogP contribution in [0, 0.1) is 13.8 Å². The fourth-order valence-electron chi connectivity index (χ4n) is 3.20. The number of nitrogens with zero attached hydrogens (tertiary/aromatic N) is 1. The number of carbonyl (C=O) groups excluding carboxylic acids is 1. The average Bonchev–Trinajstić information content (AvgIpc) is 3.03. The zero-order valence-corrected chi connectivity index (χ0v) is 21.4. The summed E-state index contributed by atoms with van der Waals surface area (Å²) in [7, 11) is 0. The normalized spacial score (nSPS) is 15.0. The number of hydrogen-bond acceptors (Lipinski definition) is 4. The molecule has 3 aromatic carbocycles. The van der Waals surface area contributed by atoms with Gasteiger partial charge in [-0.2, -0.15) is 0 Å². The molecule has 1 aliphatic heterocycles. The van der Waals surface area contributed by atoms with Crippen LogP contribution in [0.15, 0.2) is 70.0 Å². The summed E-state index contributed by atoms with van der Waals surface area (Å²) in [4.78, 5) is 15.4. The van der Waals surface area contributed by atoms with E-state index < -0.39 is 0 Å². The minimum absolute atomic E-state index is 0.133. The lowest BCUT2D eigenvalue weighted by atomic mass is 10.1. The van der Waals surface area contributed by atoms with Gasteiger partial charge in [-0.1, -0.05) is 69.7 Å². The van der Waals surface area contributed by atoms with E-state index >= 15 is 0 Å². The molecule has 162 valence electrons. The van der Waals surface area contributed by atoms with E-state index in [1.165, 1.54) is 17.3 Å². The molecule has 1 aliphatic rings. The summed E-state index contributed by atoms with van der Waals surface area (Å²) >= 11 is 16.3. The first-order valence-corrected chi connectivity index (χ1v) is 12.2. The molecule has 0 aliphatic carbocycles. The zero-order chi connectivity index (χ0) is 22.8. The molecular weight excluding hydrogens is 526 g/mol. The van der Waals surface area contributed by atoms with Crippen LogP contribution in [-0.4, -0.2) is 10.2 Å². The van der Waals surface area contributed by atoms with Gasteiger partial charge in [0.05, 0.1) is 10.6 Å². The summed E-state index contributed by atoms with van der Waals surface area (Å²) in [6.45, 7) is 4.46. The Balaban J connectivity index is 1.60. The Morgan fingerprint density at radius 3 is 2.53 bits per heavy atom. The summed E-state index contributed by atoms with van der Waals surface area (Å²) in [6.07, 6.45) is 1.84. The molecule has 0 atom stereocenters. The molecular formula is C25H19BrClNO2S2. The molecule has 0 radical (unpaired) electrons. The van der Waals surface area contributed by atoms with Gasteiger partial charge < -0.3 is 4.74 Å². The van der Waals surface area contributed by atoms with Crippen LogP contribution in [0.25, 0.3) is 6.08 Å². The van der Waals surface area contributed by atoms with Crippen molar-refractivity contribution < 1.29 is 9.53 Å². The molecule has 1 amide bonds. The number of hydrogen-bond donors (Lipinski definition) is 0. The second-order valence-electron chi connectivity index (χ2n) is 7.38. The van der Waals surface area contributed by atoms with Crippen LogP contribution in [0.3, 0.4) is 0 Å². The van der Waals surface area contributed by atoms with E-state index in [-0.39, 0.29) is 5.91 Å². The average molecular weight is 545 g/mol. The first kappa shape index (κ1) is 23.1. The lowest BCUT2D eigenvalue weighted by molar-refractivity contribution is -0.113. The Hall–Kier alpha value is -2.12. The van der Waals surface area contributed by atoms with Crippen molar-refractivity contribution in [3.63, 3.8) is 0 Å². The number of anilines is 1. The summed E-state index contributed by atoms with van der Waals surface area (Å²) in [5, 5.41) is 0.684.